The van der Waals surface area contributed by atoms with Crippen molar-refractivity contribution < 1.29 is 9.53 Å². The lowest BCUT2D eigenvalue weighted by Gasteiger charge is -2.07. The van der Waals surface area contributed by atoms with Gasteiger partial charge < -0.3 is 4.74 Å². The first-order valence-corrected chi connectivity index (χ1v) is 6.12. The fraction of sp³-hybridized carbons (Fsp3) is 0.214. The summed E-state index contributed by atoms with van der Waals surface area (Å²) in [5.74, 6) is 0.665. The van der Waals surface area contributed by atoms with Gasteiger partial charge in [0.25, 0.3) is 0 Å². The molecule has 0 aliphatic heterocycles. The molecule has 0 fully saturated rings. The van der Waals surface area contributed by atoms with Crippen LogP contribution in [0.15, 0.2) is 30.6 Å². The second kappa shape index (κ2) is 5.80. The van der Waals surface area contributed by atoms with Gasteiger partial charge >= 0.3 is 0 Å². The average Bonchev–Trinajstić information content (AvgIpc) is 2.39. The zero-order chi connectivity index (χ0) is 13.8. The van der Waals surface area contributed by atoms with E-state index in [2.05, 4.69) is 9.97 Å². The lowest BCUT2D eigenvalue weighted by molar-refractivity contribution is 0.0982. The number of ketones is 1. The van der Waals surface area contributed by atoms with Crippen LogP contribution in [0.5, 0.6) is 5.75 Å². The van der Waals surface area contributed by atoms with Crippen LogP contribution >= 0.6 is 11.6 Å². The van der Waals surface area contributed by atoms with Crippen molar-refractivity contribution >= 4 is 17.4 Å². The van der Waals surface area contributed by atoms with Crippen LogP contribution in [0.4, 0.5) is 0 Å². The molecule has 98 valence electrons. The number of aryl methyl sites for hydroxylation is 1. The predicted molar refractivity (Wildman–Crippen MR) is 72.8 cm³/mol. The SMILES string of the molecule is COc1ccc(Cl)cc1CC(=O)c1ncc(C)cn1. The lowest BCUT2D eigenvalue weighted by Crippen LogP contribution is -2.09. The summed E-state index contributed by atoms with van der Waals surface area (Å²) < 4.78 is 5.20. The van der Waals surface area contributed by atoms with E-state index in [0.29, 0.717) is 10.8 Å². The molecule has 0 spiro atoms. The third-order valence-electron chi connectivity index (χ3n) is 2.62. The normalized spacial score (nSPS) is 10.3. The fourth-order valence-corrected chi connectivity index (χ4v) is 1.87. The largest absolute Gasteiger partial charge is 0.496 e. The minimum Gasteiger partial charge on any atom is -0.496 e. The predicted octanol–water partition coefficient (Wildman–Crippen LogP) is 2.87. The quantitative estimate of drug-likeness (QED) is 0.806. The Morgan fingerprint density at radius 2 is 2.00 bits per heavy atom. The van der Waals surface area contributed by atoms with Crippen LogP contribution in [0.25, 0.3) is 0 Å². The molecule has 1 aromatic carbocycles. The van der Waals surface area contributed by atoms with Gasteiger partial charge in [-0.15, -0.1) is 0 Å². The standard InChI is InChI=1S/C14H13ClN2O2/c1-9-7-16-14(17-8-9)12(18)6-10-5-11(15)3-4-13(10)19-2/h3-5,7-8H,6H2,1-2H3. The maximum Gasteiger partial charge on any atom is 0.204 e. The Balaban J connectivity index is 2.23. The molecule has 0 amide bonds. The summed E-state index contributed by atoms with van der Waals surface area (Å²) in [5, 5.41) is 0.563. The molecule has 0 saturated heterocycles. The number of halogens is 1. The van der Waals surface area contributed by atoms with Crippen molar-refractivity contribution in [1.82, 2.24) is 9.97 Å². The van der Waals surface area contributed by atoms with Gasteiger partial charge in [0, 0.05) is 29.4 Å². The molecule has 0 saturated carbocycles. The molecular weight excluding hydrogens is 264 g/mol. The van der Waals surface area contributed by atoms with E-state index in [0.717, 1.165) is 11.1 Å². The number of benzene rings is 1. The first-order chi connectivity index (χ1) is 9.10. The second-order valence-electron chi connectivity index (χ2n) is 4.14. The Hall–Kier alpha value is -1.94. The molecule has 19 heavy (non-hydrogen) atoms. The van der Waals surface area contributed by atoms with Crippen LogP contribution in [0.1, 0.15) is 21.7 Å². The molecule has 0 N–H and O–H groups in total. The van der Waals surface area contributed by atoms with Crippen LogP contribution in [0, 0.1) is 6.92 Å². The van der Waals surface area contributed by atoms with E-state index >= 15 is 0 Å². The first kappa shape index (κ1) is 13.5. The summed E-state index contributed by atoms with van der Waals surface area (Å²) in [4.78, 5) is 20.1. The minimum absolute atomic E-state index is 0.160. The Labute approximate surface area is 116 Å². The topological polar surface area (TPSA) is 52.1 Å². The van der Waals surface area contributed by atoms with E-state index in [-0.39, 0.29) is 18.0 Å². The zero-order valence-electron chi connectivity index (χ0n) is 10.7. The molecule has 4 nitrogen and oxygen atoms in total. The molecule has 2 rings (SSSR count). The van der Waals surface area contributed by atoms with Crippen LogP contribution in [0.3, 0.4) is 0 Å². The van der Waals surface area contributed by atoms with Crippen LogP contribution in [-0.2, 0) is 6.42 Å². The number of carbonyl (C=O) groups excluding carboxylic acids is 1. The molecule has 0 atom stereocenters. The lowest BCUT2D eigenvalue weighted by atomic mass is 10.1. The maximum absolute atomic E-state index is 12.1. The molecule has 0 aliphatic carbocycles. The molecule has 0 bridgehead atoms. The third-order valence-corrected chi connectivity index (χ3v) is 2.86. The van der Waals surface area contributed by atoms with Crippen LogP contribution in [-0.4, -0.2) is 22.9 Å². The number of carbonyl (C=O) groups is 1. The Morgan fingerprint density at radius 3 is 2.63 bits per heavy atom. The first-order valence-electron chi connectivity index (χ1n) is 5.74. The van der Waals surface area contributed by atoms with Gasteiger partial charge in [-0.25, -0.2) is 9.97 Å². The number of methoxy groups -OCH3 is 1. The molecule has 0 aliphatic rings. The van der Waals surface area contributed by atoms with Gasteiger partial charge in [0.15, 0.2) is 5.82 Å². The Morgan fingerprint density at radius 1 is 1.32 bits per heavy atom. The average molecular weight is 277 g/mol. The number of hydrogen-bond acceptors (Lipinski definition) is 4. The van der Waals surface area contributed by atoms with Gasteiger partial charge in [0.2, 0.25) is 5.78 Å². The minimum atomic E-state index is -0.166. The van der Waals surface area contributed by atoms with Gasteiger partial charge in [0.05, 0.1) is 7.11 Å². The van der Waals surface area contributed by atoms with Crippen molar-refractivity contribution in [3.8, 4) is 5.75 Å². The van der Waals surface area contributed by atoms with Crippen molar-refractivity contribution in [2.24, 2.45) is 0 Å². The summed E-state index contributed by atoms with van der Waals surface area (Å²) >= 11 is 5.93. The van der Waals surface area contributed by atoms with Crippen LogP contribution < -0.4 is 4.74 Å². The highest BCUT2D eigenvalue weighted by atomic mass is 35.5. The van der Waals surface area contributed by atoms with E-state index in [1.807, 2.05) is 6.92 Å². The third kappa shape index (κ3) is 3.29. The number of nitrogens with zero attached hydrogens (tertiary/aromatic N) is 2. The van der Waals surface area contributed by atoms with Gasteiger partial charge in [-0.05, 0) is 30.7 Å². The summed E-state index contributed by atoms with van der Waals surface area (Å²) in [5.41, 5.74) is 1.64. The summed E-state index contributed by atoms with van der Waals surface area (Å²) in [6.07, 6.45) is 3.40. The van der Waals surface area contributed by atoms with E-state index in [1.165, 1.54) is 0 Å². The van der Waals surface area contributed by atoms with E-state index in [9.17, 15) is 4.79 Å². The summed E-state index contributed by atoms with van der Waals surface area (Å²) in [6.45, 7) is 1.87. The van der Waals surface area contributed by atoms with Gasteiger partial charge in [-0.1, -0.05) is 11.6 Å². The van der Waals surface area contributed by atoms with Gasteiger partial charge in [-0.3, -0.25) is 4.79 Å². The molecular formula is C14H13ClN2O2. The van der Waals surface area contributed by atoms with Gasteiger partial charge in [-0.2, -0.15) is 0 Å². The monoisotopic (exact) mass is 276 g/mol. The molecule has 1 aromatic heterocycles. The van der Waals surface area contributed by atoms with E-state index in [4.69, 9.17) is 16.3 Å². The number of hydrogen-bond donors (Lipinski definition) is 0. The van der Waals surface area contributed by atoms with Crippen LogP contribution in [0.2, 0.25) is 5.02 Å². The van der Waals surface area contributed by atoms with E-state index in [1.54, 1.807) is 37.7 Å². The zero-order valence-corrected chi connectivity index (χ0v) is 11.4. The number of ether oxygens (including phenoxy) is 1. The van der Waals surface area contributed by atoms with Gasteiger partial charge in [0.1, 0.15) is 5.75 Å². The number of aromatic nitrogens is 2. The molecule has 0 unspecified atom stereocenters. The van der Waals surface area contributed by atoms with Crippen molar-refractivity contribution in [2.45, 2.75) is 13.3 Å². The summed E-state index contributed by atoms with van der Waals surface area (Å²) in [6, 6.07) is 5.17. The molecule has 0 radical (unpaired) electrons. The highest BCUT2D eigenvalue weighted by Gasteiger charge is 2.13. The van der Waals surface area contributed by atoms with Crippen molar-refractivity contribution in [3.63, 3.8) is 0 Å². The van der Waals surface area contributed by atoms with Crippen molar-refractivity contribution in [1.29, 1.82) is 0 Å². The number of Topliss-reactive ketones (excluding diaryl/α,β-unsaturated/α-hetero) is 1. The Bertz CT molecular complexity index is 597. The second-order valence-corrected chi connectivity index (χ2v) is 4.58. The van der Waals surface area contributed by atoms with Crippen molar-refractivity contribution in [2.75, 3.05) is 7.11 Å². The number of rotatable bonds is 4. The highest BCUT2D eigenvalue weighted by Crippen LogP contribution is 2.23. The fourth-order valence-electron chi connectivity index (χ4n) is 1.67. The highest BCUT2D eigenvalue weighted by molar-refractivity contribution is 6.30. The Kier molecular flexibility index (Phi) is 4.12. The molecule has 5 heteroatoms. The molecule has 1 heterocycles. The smallest absolute Gasteiger partial charge is 0.204 e. The molecule has 2 aromatic rings. The summed E-state index contributed by atoms with van der Waals surface area (Å²) in [7, 11) is 1.56. The van der Waals surface area contributed by atoms with E-state index < -0.39 is 0 Å². The maximum atomic E-state index is 12.1. The van der Waals surface area contributed by atoms with Crippen molar-refractivity contribution in [3.05, 3.63) is 52.6 Å².